The van der Waals surface area contributed by atoms with Crippen LogP contribution in [0.4, 0.5) is 4.79 Å². The first-order valence-electron chi connectivity index (χ1n) is 12.1. The Labute approximate surface area is 201 Å². The molecule has 3 aliphatic carbocycles. The zero-order valence-corrected chi connectivity index (χ0v) is 19.5. The Morgan fingerprint density at radius 1 is 0.824 bits per heavy atom. The minimum absolute atomic E-state index is 0.0194. The van der Waals surface area contributed by atoms with Gasteiger partial charge in [-0.1, -0.05) is 78.9 Å². The van der Waals surface area contributed by atoms with Crippen LogP contribution < -0.4 is 10.6 Å². The van der Waals surface area contributed by atoms with Gasteiger partial charge in [0.25, 0.3) is 0 Å². The number of rotatable bonds is 7. The first-order valence-corrected chi connectivity index (χ1v) is 12.1. The molecule has 2 N–H and O–H groups in total. The summed E-state index contributed by atoms with van der Waals surface area (Å²) in [6.45, 7) is 1.52. The molecule has 3 aliphatic rings. The molecule has 0 heterocycles. The average molecular weight is 454 g/mol. The minimum atomic E-state index is -0.172. The van der Waals surface area contributed by atoms with Gasteiger partial charge in [-0.25, -0.2) is 4.79 Å². The Hall–Kier alpha value is -3.60. The third-order valence-electron chi connectivity index (χ3n) is 7.22. The number of nitrogens with one attached hydrogen (secondary N) is 2. The number of nitrogens with zero attached hydrogens (tertiary/aromatic N) is 1. The first kappa shape index (κ1) is 22.2. The summed E-state index contributed by atoms with van der Waals surface area (Å²) >= 11 is 0. The van der Waals surface area contributed by atoms with Crippen molar-refractivity contribution in [3.8, 4) is 0 Å². The van der Waals surface area contributed by atoms with Gasteiger partial charge in [-0.15, -0.1) is 0 Å². The molecule has 0 radical (unpaired) electrons. The van der Waals surface area contributed by atoms with E-state index in [0.29, 0.717) is 37.4 Å². The topological polar surface area (TPSA) is 61.4 Å². The Balaban J connectivity index is 1.13. The van der Waals surface area contributed by atoms with E-state index in [0.717, 1.165) is 12.0 Å². The lowest BCUT2D eigenvalue weighted by Crippen LogP contribution is -2.41. The van der Waals surface area contributed by atoms with Gasteiger partial charge in [0.2, 0.25) is 5.91 Å². The third-order valence-corrected chi connectivity index (χ3v) is 7.22. The normalized spacial score (nSPS) is 19.6. The van der Waals surface area contributed by atoms with E-state index in [1.54, 1.807) is 11.9 Å². The van der Waals surface area contributed by atoms with Crippen molar-refractivity contribution in [3.05, 3.63) is 107 Å². The first-order chi connectivity index (χ1) is 16.6. The summed E-state index contributed by atoms with van der Waals surface area (Å²) in [5, 5.41) is 5.99. The molecule has 0 spiro atoms. The number of hydrogen-bond donors (Lipinski definition) is 2. The van der Waals surface area contributed by atoms with Gasteiger partial charge in [0.1, 0.15) is 0 Å². The maximum absolute atomic E-state index is 12.5. The average Bonchev–Trinajstić information content (AvgIpc) is 2.88. The number of carbonyl (C=O) groups is 2. The van der Waals surface area contributed by atoms with Crippen molar-refractivity contribution < 1.29 is 9.59 Å². The van der Waals surface area contributed by atoms with Gasteiger partial charge in [-0.2, -0.15) is 0 Å². The maximum atomic E-state index is 12.5. The quantitative estimate of drug-likeness (QED) is 0.548. The summed E-state index contributed by atoms with van der Waals surface area (Å²) in [4.78, 5) is 26.5. The molecule has 0 saturated carbocycles. The molecule has 0 fully saturated rings. The fourth-order valence-electron chi connectivity index (χ4n) is 5.64. The summed E-state index contributed by atoms with van der Waals surface area (Å²) in [6.07, 6.45) is 1.33. The second-order valence-electron chi connectivity index (χ2n) is 9.41. The lowest BCUT2D eigenvalue weighted by atomic mass is 9.59. The largest absolute Gasteiger partial charge is 0.356 e. The molecule has 0 aliphatic heterocycles. The molecular formula is C29H31N3O2. The van der Waals surface area contributed by atoms with Crippen LogP contribution in [-0.4, -0.2) is 37.0 Å². The molecule has 0 saturated heterocycles. The van der Waals surface area contributed by atoms with Crippen molar-refractivity contribution in [2.45, 2.75) is 31.2 Å². The van der Waals surface area contributed by atoms with E-state index in [1.165, 1.54) is 22.3 Å². The van der Waals surface area contributed by atoms with Gasteiger partial charge in [0, 0.05) is 44.9 Å². The van der Waals surface area contributed by atoms with Crippen LogP contribution in [0.25, 0.3) is 0 Å². The van der Waals surface area contributed by atoms with E-state index < -0.39 is 0 Å². The fraction of sp³-hybridized carbons (Fsp3) is 0.310. The van der Waals surface area contributed by atoms with Crippen molar-refractivity contribution in [2.75, 3.05) is 20.1 Å². The Kier molecular flexibility index (Phi) is 6.35. The smallest absolute Gasteiger partial charge is 0.317 e. The van der Waals surface area contributed by atoms with Gasteiger partial charge >= 0.3 is 6.03 Å². The zero-order chi connectivity index (χ0) is 23.5. The van der Waals surface area contributed by atoms with Crippen molar-refractivity contribution >= 4 is 11.9 Å². The summed E-state index contributed by atoms with van der Waals surface area (Å²) in [5.41, 5.74) is 6.77. The van der Waals surface area contributed by atoms with Crippen LogP contribution in [0.1, 0.15) is 52.5 Å². The van der Waals surface area contributed by atoms with Crippen LogP contribution >= 0.6 is 0 Å². The lowest BCUT2D eigenvalue weighted by molar-refractivity contribution is -0.121. The number of urea groups is 1. The Morgan fingerprint density at radius 2 is 1.41 bits per heavy atom. The van der Waals surface area contributed by atoms with Crippen LogP contribution in [0.5, 0.6) is 0 Å². The second kappa shape index (κ2) is 9.72. The van der Waals surface area contributed by atoms with E-state index in [4.69, 9.17) is 0 Å². The summed E-state index contributed by atoms with van der Waals surface area (Å²) in [5.74, 6) is 1.09. The highest BCUT2D eigenvalue weighted by molar-refractivity contribution is 5.78. The van der Waals surface area contributed by atoms with E-state index in [2.05, 4.69) is 59.2 Å². The van der Waals surface area contributed by atoms with Crippen LogP contribution in [0.3, 0.4) is 0 Å². The molecule has 5 heteroatoms. The third kappa shape index (κ3) is 4.43. The SMILES string of the molecule is CN(Cc1ccccc1)C(=O)NCCC(=O)NCC1CC2c3ccccc3C1c1ccccc12. The standard InChI is InChI=1S/C29H31N3O2/c1-32(19-20-9-3-2-4-10-20)29(34)30-16-15-27(33)31-18-21-17-26-22-11-5-7-13-24(22)28(21)25-14-8-6-12-23(25)26/h2-14,21,26,28H,15-19H2,1H3,(H,30,34)(H,31,33). The number of carbonyl (C=O) groups excluding carboxylic acids is 2. The molecule has 34 heavy (non-hydrogen) atoms. The molecule has 2 bridgehead atoms. The molecule has 3 aromatic carbocycles. The highest BCUT2D eigenvalue weighted by Crippen LogP contribution is 2.55. The van der Waals surface area contributed by atoms with E-state index >= 15 is 0 Å². The number of amides is 3. The predicted molar refractivity (Wildman–Crippen MR) is 134 cm³/mol. The summed E-state index contributed by atoms with van der Waals surface area (Å²) in [7, 11) is 1.76. The molecule has 174 valence electrons. The van der Waals surface area contributed by atoms with Gasteiger partial charge in [0.05, 0.1) is 0 Å². The van der Waals surface area contributed by atoms with Gasteiger partial charge < -0.3 is 15.5 Å². The molecule has 3 aromatic rings. The number of benzene rings is 3. The van der Waals surface area contributed by atoms with Crippen molar-refractivity contribution in [3.63, 3.8) is 0 Å². The van der Waals surface area contributed by atoms with Gasteiger partial charge in [-0.05, 0) is 40.2 Å². The van der Waals surface area contributed by atoms with Crippen molar-refractivity contribution in [1.82, 2.24) is 15.5 Å². The molecule has 5 nitrogen and oxygen atoms in total. The molecule has 3 amide bonds. The van der Waals surface area contributed by atoms with E-state index in [1.807, 2.05) is 30.3 Å². The summed E-state index contributed by atoms with van der Waals surface area (Å²) in [6, 6.07) is 27.2. The van der Waals surface area contributed by atoms with Crippen LogP contribution in [0, 0.1) is 5.92 Å². The minimum Gasteiger partial charge on any atom is -0.356 e. The van der Waals surface area contributed by atoms with Crippen LogP contribution in [0.2, 0.25) is 0 Å². The van der Waals surface area contributed by atoms with E-state index in [-0.39, 0.29) is 18.4 Å². The molecule has 6 rings (SSSR count). The van der Waals surface area contributed by atoms with Gasteiger partial charge in [-0.3, -0.25) is 4.79 Å². The highest BCUT2D eigenvalue weighted by Gasteiger charge is 2.42. The predicted octanol–water partition coefficient (Wildman–Crippen LogP) is 4.63. The fourth-order valence-corrected chi connectivity index (χ4v) is 5.64. The monoisotopic (exact) mass is 453 g/mol. The lowest BCUT2D eigenvalue weighted by Gasteiger charge is -2.45. The summed E-state index contributed by atoms with van der Waals surface area (Å²) < 4.78 is 0. The molecular weight excluding hydrogens is 422 g/mol. The molecule has 0 aromatic heterocycles. The molecule has 1 unspecified atom stereocenters. The van der Waals surface area contributed by atoms with Gasteiger partial charge in [0.15, 0.2) is 0 Å². The Bertz CT molecular complexity index is 1130. The van der Waals surface area contributed by atoms with Crippen molar-refractivity contribution in [1.29, 1.82) is 0 Å². The zero-order valence-electron chi connectivity index (χ0n) is 19.5. The maximum Gasteiger partial charge on any atom is 0.317 e. The van der Waals surface area contributed by atoms with Crippen LogP contribution in [-0.2, 0) is 11.3 Å². The van der Waals surface area contributed by atoms with Crippen LogP contribution in [0.15, 0.2) is 78.9 Å². The number of hydrogen-bond acceptors (Lipinski definition) is 2. The van der Waals surface area contributed by atoms with E-state index in [9.17, 15) is 9.59 Å². The highest BCUT2D eigenvalue weighted by atomic mass is 16.2. The molecule has 1 atom stereocenters. The van der Waals surface area contributed by atoms with Crippen molar-refractivity contribution in [2.24, 2.45) is 5.92 Å². The Morgan fingerprint density at radius 3 is 2.06 bits per heavy atom. The number of fused-ring (bicyclic) bond motifs is 1. The second-order valence-corrected chi connectivity index (χ2v) is 9.41.